The highest BCUT2D eigenvalue weighted by atomic mass is 79.9. The monoisotopic (exact) mass is 300 g/mol. The highest BCUT2D eigenvalue weighted by Crippen LogP contribution is 2.16. The molecule has 1 rings (SSSR count). The van der Waals surface area contributed by atoms with E-state index in [0.717, 1.165) is 29.6 Å². The van der Waals surface area contributed by atoms with Gasteiger partial charge in [-0.25, -0.2) is 0 Å². The SMILES string of the molecule is CCC(CC)NCC(C)Oc1cncc(Br)c1. The molecule has 1 aromatic heterocycles. The number of ether oxygens (including phenoxy) is 1. The molecule has 1 N–H and O–H groups in total. The van der Waals surface area contributed by atoms with Crippen molar-refractivity contribution in [2.75, 3.05) is 6.54 Å². The quantitative estimate of drug-likeness (QED) is 0.838. The summed E-state index contributed by atoms with van der Waals surface area (Å²) in [6, 6.07) is 2.52. The summed E-state index contributed by atoms with van der Waals surface area (Å²) >= 11 is 3.38. The number of hydrogen-bond acceptors (Lipinski definition) is 3. The van der Waals surface area contributed by atoms with E-state index in [1.54, 1.807) is 12.4 Å². The maximum Gasteiger partial charge on any atom is 0.139 e. The zero-order valence-electron chi connectivity index (χ0n) is 10.7. The van der Waals surface area contributed by atoms with Crippen molar-refractivity contribution in [3.8, 4) is 5.75 Å². The van der Waals surface area contributed by atoms with Gasteiger partial charge in [0.05, 0.1) is 6.20 Å². The molecule has 0 amide bonds. The molecule has 4 heteroatoms. The molecule has 0 radical (unpaired) electrons. The molecule has 0 bridgehead atoms. The maximum atomic E-state index is 5.78. The first-order chi connectivity index (χ1) is 8.15. The first kappa shape index (κ1) is 14.5. The van der Waals surface area contributed by atoms with Crippen LogP contribution in [0.1, 0.15) is 33.6 Å². The molecule has 0 fully saturated rings. The van der Waals surface area contributed by atoms with Gasteiger partial charge in [-0.2, -0.15) is 0 Å². The van der Waals surface area contributed by atoms with Crippen molar-refractivity contribution in [2.45, 2.75) is 45.8 Å². The third-order valence-corrected chi connectivity index (χ3v) is 3.13. The van der Waals surface area contributed by atoms with E-state index in [-0.39, 0.29) is 6.10 Å². The van der Waals surface area contributed by atoms with Gasteiger partial charge in [-0.15, -0.1) is 0 Å². The zero-order valence-corrected chi connectivity index (χ0v) is 12.3. The third kappa shape index (κ3) is 5.50. The van der Waals surface area contributed by atoms with Gasteiger partial charge in [-0.05, 0) is 41.8 Å². The Bertz CT molecular complexity index is 329. The van der Waals surface area contributed by atoms with Crippen molar-refractivity contribution >= 4 is 15.9 Å². The number of halogens is 1. The molecule has 1 aromatic rings. The predicted molar refractivity (Wildman–Crippen MR) is 74.4 cm³/mol. The third-order valence-electron chi connectivity index (χ3n) is 2.70. The Morgan fingerprint density at radius 3 is 2.65 bits per heavy atom. The molecular weight excluding hydrogens is 280 g/mol. The zero-order chi connectivity index (χ0) is 12.7. The van der Waals surface area contributed by atoms with Crippen LogP contribution in [0.15, 0.2) is 22.9 Å². The Balaban J connectivity index is 2.36. The average molecular weight is 301 g/mol. The summed E-state index contributed by atoms with van der Waals surface area (Å²) in [6.07, 6.45) is 5.94. The molecule has 1 atom stereocenters. The van der Waals surface area contributed by atoms with E-state index in [1.165, 1.54) is 0 Å². The standard InChI is InChI=1S/C13H21BrN2O/c1-4-12(5-2)16-7-10(3)17-13-6-11(14)8-15-9-13/h6,8-10,12,16H,4-5,7H2,1-3H3. The lowest BCUT2D eigenvalue weighted by molar-refractivity contribution is 0.209. The highest BCUT2D eigenvalue weighted by molar-refractivity contribution is 9.10. The lowest BCUT2D eigenvalue weighted by Gasteiger charge is -2.19. The van der Waals surface area contributed by atoms with Crippen molar-refractivity contribution < 1.29 is 4.74 Å². The van der Waals surface area contributed by atoms with E-state index >= 15 is 0 Å². The second kappa shape index (κ2) is 7.67. The molecule has 96 valence electrons. The topological polar surface area (TPSA) is 34.1 Å². The molecule has 1 heterocycles. The van der Waals surface area contributed by atoms with E-state index in [0.29, 0.717) is 6.04 Å². The second-order valence-electron chi connectivity index (χ2n) is 4.19. The molecule has 1 unspecified atom stereocenters. The van der Waals surface area contributed by atoms with Gasteiger partial charge in [0.15, 0.2) is 0 Å². The van der Waals surface area contributed by atoms with Crippen LogP contribution in [0.5, 0.6) is 5.75 Å². The summed E-state index contributed by atoms with van der Waals surface area (Å²) in [6.45, 7) is 7.32. The predicted octanol–water partition coefficient (Wildman–Crippen LogP) is 3.39. The molecule has 0 saturated carbocycles. The smallest absolute Gasteiger partial charge is 0.139 e. The van der Waals surface area contributed by atoms with Crippen molar-refractivity contribution in [3.05, 3.63) is 22.9 Å². The maximum absolute atomic E-state index is 5.78. The Hall–Kier alpha value is -0.610. The fourth-order valence-corrected chi connectivity index (χ4v) is 1.98. The van der Waals surface area contributed by atoms with Crippen LogP contribution in [0, 0.1) is 0 Å². The summed E-state index contributed by atoms with van der Waals surface area (Å²) in [4.78, 5) is 4.07. The molecule has 0 aliphatic rings. The summed E-state index contributed by atoms with van der Waals surface area (Å²) in [5.74, 6) is 0.804. The molecule has 0 aromatic carbocycles. The summed E-state index contributed by atoms with van der Waals surface area (Å²) < 4.78 is 6.72. The summed E-state index contributed by atoms with van der Waals surface area (Å²) in [5.41, 5.74) is 0. The lowest BCUT2D eigenvalue weighted by atomic mass is 10.1. The minimum Gasteiger partial charge on any atom is -0.488 e. The average Bonchev–Trinajstić information content (AvgIpc) is 2.30. The lowest BCUT2D eigenvalue weighted by Crippen LogP contribution is -2.36. The van der Waals surface area contributed by atoms with Crippen LogP contribution in [0.2, 0.25) is 0 Å². The van der Waals surface area contributed by atoms with Crippen molar-refractivity contribution in [1.29, 1.82) is 0 Å². The van der Waals surface area contributed by atoms with Crippen LogP contribution in [0.4, 0.5) is 0 Å². The van der Waals surface area contributed by atoms with E-state index in [9.17, 15) is 0 Å². The minimum absolute atomic E-state index is 0.145. The molecule has 0 spiro atoms. The van der Waals surface area contributed by atoms with Gasteiger partial charge in [0, 0.05) is 23.3 Å². The Morgan fingerprint density at radius 2 is 2.06 bits per heavy atom. The van der Waals surface area contributed by atoms with Gasteiger partial charge in [0.1, 0.15) is 11.9 Å². The van der Waals surface area contributed by atoms with Gasteiger partial charge in [0.2, 0.25) is 0 Å². The Morgan fingerprint density at radius 1 is 1.35 bits per heavy atom. The van der Waals surface area contributed by atoms with Gasteiger partial charge in [-0.3, -0.25) is 4.98 Å². The molecule has 0 saturated heterocycles. The fourth-order valence-electron chi connectivity index (χ4n) is 1.64. The molecule has 0 aliphatic carbocycles. The number of aromatic nitrogens is 1. The van der Waals surface area contributed by atoms with Gasteiger partial charge in [-0.1, -0.05) is 13.8 Å². The second-order valence-corrected chi connectivity index (χ2v) is 5.10. The van der Waals surface area contributed by atoms with Crippen LogP contribution < -0.4 is 10.1 Å². The Labute approximate surface area is 112 Å². The van der Waals surface area contributed by atoms with E-state index < -0.39 is 0 Å². The number of hydrogen-bond donors (Lipinski definition) is 1. The first-order valence-corrected chi connectivity index (χ1v) is 6.95. The van der Waals surface area contributed by atoms with Crippen LogP contribution in [-0.4, -0.2) is 23.7 Å². The van der Waals surface area contributed by atoms with Crippen LogP contribution >= 0.6 is 15.9 Å². The largest absolute Gasteiger partial charge is 0.488 e. The van der Waals surface area contributed by atoms with Crippen LogP contribution in [0.3, 0.4) is 0 Å². The fraction of sp³-hybridized carbons (Fsp3) is 0.615. The van der Waals surface area contributed by atoms with Crippen LogP contribution in [0.25, 0.3) is 0 Å². The number of rotatable bonds is 7. The van der Waals surface area contributed by atoms with Crippen molar-refractivity contribution in [1.82, 2.24) is 10.3 Å². The Kier molecular flexibility index (Phi) is 6.52. The van der Waals surface area contributed by atoms with Gasteiger partial charge >= 0.3 is 0 Å². The van der Waals surface area contributed by atoms with Crippen molar-refractivity contribution in [3.63, 3.8) is 0 Å². The van der Waals surface area contributed by atoms with Crippen LogP contribution in [-0.2, 0) is 0 Å². The number of nitrogens with one attached hydrogen (secondary N) is 1. The van der Waals surface area contributed by atoms with Gasteiger partial charge < -0.3 is 10.1 Å². The van der Waals surface area contributed by atoms with E-state index in [2.05, 4.69) is 47.0 Å². The number of nitrogens with zero attached hydrogens (tertiary/aromatic N) is 1. The molecule has 3 nitrogen and oxygen atoms in total. The highest BCUT2D eigenvalue weighted by Gasteiger charge is 2.08. The summed E-state index contributed by atoms with van der Waals surface area (Å²) in [7, 11) is 0. The van der Waals surface area contributed by atoms with E-state index in [1.807, 2.05) is 6.07 Å². The van der Waals surface area contributed by atoms with E-state index in [4.69, 9.17) is 4.74 Å². The normalized spacial score (nSPS) is 12.8. The molecular formula is C13H21BrN2O. The minimum atomic E-state index is 0.145. The molecule has 0 aliphatic heterocycles. The summed E-state index contributed by atoms with van der Waals surface area (Å²) in [5, 5.41) is 3.50. The number of pyridine rings is 1. The van der Waals surface area contributed by atoms with Gasteiger partial charge in [0.25, 0.3) is 0 Å². The van der Waals surface area contributed by atoms with Crippen molar-refractivity contribution in [2.24, 2.45) is 0 Å². The first-order valence-electron chi connectivity index (χ1n) is 6.16. The molecule has 17 heavy (non-hydrogen) atoms.